The molecule has 0 spiro atoms. The van der Waals surface area contributed by atoms with Gasteiger partial charge >= 0.3 is 0 Å². The fourth-order valence-electron chi connectivity index (χ4n) is 3.81. The second-order valence-electron chi connectivity index (χ2n) is 7.63. The van der Waals surface area contributed by atoms with Crippen LogP contribution >= 0.6 is 0 Å². The fraction of sp³-hybridized carbons (Fsp3) is 0.160. The van der Waals surface area contributed by atoms with Crippen LogP contribution in [0.1, 0.15) is 24.6 Å². The first-order chi connectivity index (χ1) is 14.8. The molecule has 158 valence electrons. The van der Waals surface area contributed by atoms with Crippen LogP contribution in [0.25, 0.3) is 22.0 Å². The summed E-state index contributed by atoms with van der Waals surface area (Å²) in [5.74, 6) is -0.403. The van der Waals surface area contributed by atoms with Crippen molar-refractivity contribution in [2.45, 2.75) is 31.6 Å². The molecule has 3 aromatic carbocycles. The van der Waals surface area contributed by atoms with Crippen molar-refractivity contribution in [2.75, 3.05) is 0 Å². The van der Waals surface area contributed by atoms with Gasteiger partial charge < -0.3 is 4.79 Å². The molecule has 31 heavy (non-hydrogen) atoms. The molecule has 0 saturated heterocycles. The summed E-state index contributed by atoms with van der Waals surface area (Å²) in [5.41, 5.74) is 3.41. The molecule has 4 nitrogen and oxygen atoms in total. The summed E-state index contributed by atoms with van der Waals surface area (Å²) >= 11 is 0. The lowest BCUT2D eigenvalue weighted by atomic mass is 9.99. The lowest BCUT2D eigenvalue weighted by Gasteiger charge is -2.13. The van der Waals surface area contributed by atoms with E-state index in [1.54, 1.807) is 48.5 Å². The van der Waals surface area contributed by atoms with Crippen molar-refractivity contribution in [2.24, 2.45) is 0 Å². The van der Waals surface area contributed by atoms with Crippen molar-refractivity contribution in [3.05, 3.63) is 89.9 Å². The number of hydrogen-bond acceptors (Lipinski definition) is 3. The summed E-state index contributed by atoms with van der Waals surface area (Å²) in [6, 6.07) is 19.9. The highest BCUT2D eigenvalue weighted by atomic mass is 32.2. The monoisotopic (exact) mass is 435 g/mol. The van der Waals surface area contributed by atoms with E-state index >= 15 is 0 Å². The molecular formula is C25H22FNO3S. The average molecular weight is 436 g/mol. The van der Waals surface area contributed by atoms with Gasteiger partial charge in [0.2, 0.25) is 0 Å². The molecule has 0 atom stereocenters. The van der Waals surface area contributed by atoms with Gasteiger partial charge in [0, 0.05) is 23.1 Å². The third-order valence-electron chi connectivity index (χ3n) is 5.33. The number of halogens is 1. The van der Waals surface area contributed by atoms with Crippen LogP contribution in [0.5, 0.6) is 0 Å². The largest absolute Gasteiger partial charge is 0.300 e. The Morgan fingerprint density at radius 2 is 1.58 bits per heavy atom. The van der Waals surface area contributed by atoms with Gasteiger partial charge in [-0.3, -0.25) is 0 Å². The van der Waals surface area contributed by atoms with Gasteiger partial charge in [-0.1, -0.05) is 48.0 Å². The summed E-state index contributed by atoms with van der Waals surface area (Å²) in [4.78, 5) is 12.0. The van der Waals surface area contributed by atoms with Crippen molar-refractivity contribution >= 4 is 26.7 Å². The van der Waals surface area contributed by atoms with Crippen LogP contribution < -0.4 is 0 Å². The van der Waals surface area contributed by atoms with Gasteiger partial charge in [0.15, 0.2) is 0 Å². The lowest BCUT2D eigenvalue weighted by Crippen LogP contribution is -2.16. The Hall–Kier alpha value is -3.25. The van der Waals surface area contributed by atoms with Crippen LogP contribution in [-0.2, 0) is 21.2 Å². The number of carbonyl (C=O) groups is 1. The minimum atomic E-state index is -3.92. The highest BCUT2D eigenvalue weighted by Gasteiger charge is 2.27. The number of ketones is 1. The number of carbonyl (C=O) groups excluding carboxylic acids is 1. The van der Waals surface area contributed by atoms with Gasteiger partial charge in [-0.25, -0.2) is 16.8 Å². The molecule has 4 rings (SSSR count). The molecule has 4 aromatic rings. The molecular weight excluding hydrogens is 413 g/mol. The molecule has 0 amide bonds. The van der Waals surface area contributed by atoms with E-state index in [1.165, 1.54) is 23.0 Å². The molecule has 0 aliphatic rings. The Kier molecular flexibility index (Phi) is 5.50. The Morgan fingerprint density at radius 3 is 2.23 bits per heavy atom. The number of hydrogen-bond donors (Lipinski definition) is 0. The minimum absolute atomic E-state index is 0.0328. The molecule has 0 fully saturated rings. The molecule has 0 N–H and O–H groups in total. The van der Waals surface area contributed by atoms with E-state index < -0.39 is 10.0 Å². The van der Waals surface area contributed by atoms with Gasteiger partial charge in [-0.05, 0) is 56.2 Å². The maximum atomic E-state index is 13.7. The highest BCUT2D eigenvalue weighted by molar-refractivity contribution is 7.90. The van der Waals surface area contributed by atoms with Crippen LogP contribution in [-0.4, -0.2) is 18.2 Å². The normalized spacial score (nSPS) is 11.7. The maximum Gasteiger partial charge on any atom is 0.268 e. The molecule has 0 radical (unpaired) electrons. The van der Waals surface area contributed by atoms with Crippen LogP contribution in [0.2, 0.25) is 0 Å². The number of rotatable bonds is 6. The quantitative estimate of drug-likeness (QED) is 0.401. The van der Waals surface area contributed by atoms with E-state index in [4.69, 9.17) is 0 Å². The number of nitrogens with zero attached hydrogens (tertiary/aromatic N) is 1. The van der Waals surface area contributed by atoms with Gasteiger partial charge in [0.1, 0.15) is 11.6 Å². The van der Waals surface area contributed by atoms with Crippen molar-refractivity contribution < 1.29 is 17.6 Å². The van der Waals surface area contributed by atoms with E-state index in [1.807, 2.05) is 19.1 Å². The molecule has 1 heterocycles. The second-order valence-corrected chi connectivity index (χ2v) is 9.42. The van der Waals surface area contributed by atoms with Crippen molar-refractivity contribution in [3.8, 4) is 11.1 Å². The summed E-state index contributed by atoms with van der Waals surface area (Å²) < 4.78 is 42.4. The minimum Gasteiger partial charge on any atom is -0.300 e. The Balaban J connectivity index is 2.06. The smallest absolute Gasteiger partial charge is 0.268 e. The zero-order chi connectivity index (χ0) is 22.2. The SMILES string of the molecule is CC(=O)CCc1c(-c2ccc(F)cc2)c2ccccc2n1S(=O)(=O)c1ccc(C)cc1. The number of fused-ring (bicyclic) bond motifs is 1. The molecule has 0 aliphatic heterocycles. The average Bonchev–Trinajstić information content (AvgIpc) is 3.08. The van der Waals surface area contributed by atoms with Crippen molar-refractivity contribution in [1.82, 2.24) is 3.97 Å². The summed E-state index contributed by atoms with van der Waals surface area (Å²) in [7, 11) is -3.92. The van der Waals surface area contributed by atoms with Gasteiger partial charge in [0.25, 0.3) is 10.0 Å². The van der Waals surface area contributed by atoms with Gasteiger partial charge in [0.05, 0.1) is 10.4 Å². The lowest BCUT2D eigenvalue weighted by molar-refractivity contribution is -0.117. The highest BCUT2D eigenvalue weighted by Crippen LogP contribution is 2.38. The Morgan fingerprint density at radius 1 is 0.935 bits per heavy atom. The molecule has 6 heteroatoms. The van der Waals surface area contributed by atoms with Gasteiger partial charge in [-0.15, -0.1) is 0 Å². The zero-order valence-corrected chi connectivity index (χ0v) is 18.1. The van der Waals surface area contributed by atoms with Gasteiger partial charge in [-0.2, -0.15) is 0 Å². The van der Waals surface area contributed by atoms with E-state index in [0.717, 1.165) is 10.9 Å². The van der Waals surface area contributed by atoms with Crippen LogP contribution in [0, 0.1) is 12.7 Å². The first kappa shape index (κ1) is 21.0. The Labute approximate surface area is 181 Å². The predicted octanol–water partition coefficient (Wildman–Crippen LogP) is 5.51. The van der Waals surface area contributed by atoms with E-state index in [-0.39, 0.29) is 29.3 Å². The number of aromatic nitrogens is 1. The number of benzene rings is 3. The predicted molar refractivity (Wildman–Crippen MR) is 120 cm³/mol. The summed E-state index contributed by atoms with van der Waals surface area (Å²) in [5, 5.41) is 0.739. The molecule has 0 bridgehead atoms. The van der Waals surface area contributed by atoms with E-state index in [2.05, 4.69) is 0 Å². The molecule has 0 unspecified atom stereocenters. The number of para-hydroxylation sites is 1. The van der Waals surface area contributed by atoms with Crippen LogP contribution in [0.3, 0.4) is 0 Å². The summed E-state index contributed by atoms with van der Waals surface area (Å²) in [6.45, 7) is 3.38. The van der Waals surface area contributed by atoms with E-state index in [0.29, 0.717) is 22.3 Å². The standard InChI is InChI=1S/C25H22FNO3S/c1-17-7-14-21(15-8-17)31(29,30)27-23-6-4-3-5-22(23)25(24(27)16-9-18(2)28)19-10-12-20(26)13-11-19/h3-8,10-15H,9,16H2,1-2H3. The maximum absolute atomic E-state index is 13.7. The topological polar surface area (TPSA) is 56.1 Å². The van der Waals surface area contributed by atoms with Crippen LogP contribution in [0.4, 0.5) is 4.39 Å². The van der Waals surface area contributed by atoms with Crippen molar-refractivity contribution in [1.29, 1.82) is 0 Å². The second kappa shape index (κ2) is 8.12. The third-order valence-corrected chi connectivity index (χ3v) is 7.10. The molecule has 0 saturated carbocycles. The fourth-order valence-corrected chi connectivity index (χ4v) is 5.40. The Bertz CT molecular complexity index is 1370. The van der Waals surface area contributed by atoms with Crippen molar-refractivity contribution in [3.63, 3.8) is 0 Å². The molecule has 1 aromatic heterocycles. The molecule has 0 aliphatic carbocycles. The number of aryl methyl sites for hydroxylation is 1. The zero-order valence-electron chi connectivity index (χ0n) is 17.3. The first-order valence-electron chi connectivity index (χ1n) is 9.99. The first-order valence-corrected chi connectivity index (χ1v) is 11.4. The third kappa shape index (κ3) is 3.91. The number of Topliss-reactive ketones (excluding diaryl/α,β-unsaturated/α-hetero) is 1. The summed E-state index contributed by atoms with van der Waals surface area (Å²) in [6.07, 6.45) is 0.454. The van der Waals surface area contributed by atoms with Crippen LogP contribution in [0.15, 0.2) is 77.7 Å². The van der Waals surface area contributed by atoms with E-state index in [9.17, 15) is 17.6 Å².